The highest BCUT2D eigenvalue weighted by molar-refractivity contribution is 5.94. The summed E-state index contributed by atoms with van der Waals surface area (Å²) < 4.78 is 25.6. The highest BCUT2D eigenvalue weighted by atomic mass is 19.1. The molecule has 1 aromatic heterocycles. The maximum Gasteiger partial charge on any atom is 0.310 e. The summed E-state index contributed by atoms with van der Waals surface area (Å²) >= 11 is 0. The first-order valence-electron chi connectivity index (χ1n) is 7.95. The molecule has 4 nitrogen and oxygen atoms in total. The van der Waals surface area contributed by atoms with Gasteiger partial charge in [-0.3, -0.25) is 4.79 Å². The number of rotatable bonds is 4. The van der Waals surface area contributed by atoms with Gasteiger partial charge in [-0.25, -0.2) is 4.39 Å². The molecule has 2 aromatic carbocycles. The van der Waals surface area contributed by atoms with E-state index in [1.54, 1.807) is 19.2 Å². The van der Waals surface area contributed by atoms with Gasteiger partial charge < -0.3 is 14.0 Å². The van der Waals surface area contributed by atoms with Crippen molar-refractivity contribution in [1.29, 1.82) is 0 Å². The molecule has 0 spiro atoms. The summed E-state index contributed by atoms with van der Waals surface area (Å²) in [5.41, 5.74) is 4.65. The minimum atomic E-state index is -0.280. The van der Waals surface area contributed by atoms with Gasteiger partial charge in [-0.1, -0.05) is 12.1 Å². The van der Waals surface area contributed by atoms with Crippen molar-refractivity contribution >= 4 is 16.9 Å². The number of hydrogen-bond donors (Lipinski definition) is 0. The van der Waals surface area contributed by atoms with Gasteiger partial charge in [0.1, 0.15) is 11.6 Å². The molecule has 0 aliphatic carbocycles. The highest BCUT2D eigenvalue weighted by Crippen LogP contribution is 2.37. The smallest absolute Gasteiger partial charge is 0.310 e. The third-order valence-electron chi connectivity index (χ3n) is 4.65. The molecule has 0 fully saturated rings. The van der Waals surface area contributed by atoms with E-state index in [1.807, 2.05) is 30.7 Å². The second-order valence-corrected chi connectivity index (χ2v) is 5.95. The van der Waals surface area contributed by atoms with Gasteiger partial charge in [0.25, 0.3) is 0 Å². The molecule has 0 aliphatic heterocycles. The van der Waals surface area contributed by atoms with Crippen LogP contribution < -0.4 is 4.74 Å². The maximum absolute atomic E-state index is 13.2. The number of halogens is 1. The number of benzene rings is 2. The molecule has 0 saturated carbocycles. The first-order chi connectivity index (χ1) is 12.0. The van der Waals surface area contributed by atoms with Crippen LogP contribution >= 0.6 is 0 Å². The van der Waals surface area contributed by atoms with E-state index in [1.165, 1.54) is 19.2 Å². The number of hydrogen-bond acceptors (Lipinski definition) is 3. The van der Waals surface area contributed by atoms with E-state index in [4.69, 9.17) is 9.47 Å². The van der Waals surface area contributed by atoms with Crippen LogP contribution in [0.1, 0.15) is 11.3 Å². The van der Waals surface area contributed by atoms with Crippen molar-refractivity contribution in [2.24, 2.45) is 7.05 Å². The molecule has 0 aliphatic rings. The van der Waals surface area contributed by atoms with Crippen LogP contribution in [0.3, 0.4) is 0 Å². The Morgan fingerprint density at radius 2 is 1.84 bits per heavy atom. The van der Waals surface area contributed by atoms with Gasteiger partial charge >= 0.3 is 5.97 Å². The van der Waals surface area contributed by atoms with Crippen molar-refractivity contribution in [2.75, 3.05) is 14.2 Å². The lowest BCUT2D eigenvalue weighted by atomic mass is 10.0. The van der Waals surface area contributed by atoms with Crippen LogP contribution in [0.15, 0.2) is 36.4 Å². The lowest BCUT2D eigenvalue weighted by Gasteiger charge is -2.10. The lowest BCUT2D eigenvalue weighted by Crippen LogP contribution is -2.05. The van der Waals surface area contributed by atoms with Crippen LogP contribution in [0.4, 0.5) is 4.39 Å². The molecule has 0 N–H and O–H groups in total. The van der Waals surface area contributed by atoms with E-state index >= 15 is 0 Å². The molecule has 0 amide bonds. The quantitative estimate of drug-likeness (QED) is 0.673. The molecule has 1 heterocycles. The fourth-order valence-corrected chi connectivity index (χ4v) is 3.13. The summed E-state index contributed by atoms with van der Waals surface area (Å²) in [5, 5.41) is 0.952. The molecular formula is C20H20FNO3. The summed E-state index contributed by atoms with van der Waals surface area (Å²) in [6, 6.07) is 10.2. The standard InChI is InChI=1S/C20H20FNO3/c1-12-15(11-20(23)25-4)17-10-19(24-3)16(9-18(17)22(12)2)13-5-7-14(21)8-6-13/h5-10H,11H2,1-4H3. The molecule has 0 saturated heterocycles. The van der Waals surface area contributed by atoms with Crippen LogP contribution in [0.5, 0.6) is 5.75 Å². The Morgan fingerprint density at radius 1 is 1.16 bits per heavy atom. The van der Waals surface area contributed by atoms with Crippen LogP contribution in [-0.2, 0) is 23.0 Å². The van der Waals surface area contributed by atoms with Crippen molar-refractivity contribution < 1.29 is 18.7 Å². The summed E-state index contributed by atoms with van der Waals surface area (Å²) in [5.74, 6) is 0.117. The van der Waals surface area contributed by atoms with Gasteiger partial charge in [-0.15, -0.1) is 0 Å². The van der Waals surface area contributed by atoms with E-state index in [9.17, 15) is 9.18 Å². The highest BCUT2D eigenvalue weighted by Gasteiger charge is 2.18. The Labute approximate surface area is 145 Å². The van der Waals surface area contributed by atoms with Crippen molar-refractivity contribution in [3.05, 3.63) is 53.5 Å². The Kier molecular flexibility index (Phi) is 4.49. The zero-order valence-corrected chi connectivity index (χ0v) is 14.7. The number of ether oxygens (including phenoxy) is 2. The molecular weight excluding hydrogens is 321 g/mol. The van der Waals surface area contributed by atoms with E-state index in [-0.39, 0.29) is 18.2 Å². The average Bonchev–Trinajstić information content (AvgIpc) is 2.85. The number of esters is 1. The van der Waals surface area contributed by atoms with Crippen LogP contribution in [0.25, 0.3) is 22.0 Å². The molecule has 3 aromatic rings. The van der Waals surface area contributed by atoms with Crippen molar-refractivity contribution in [3.63, 3.8) is 0 Å². The van der Waals surface area contributed by atoms with Crippen molar-refractivity contribution in [1.82, 2.24) is 4.57 Å². The molecule has 5 heteroatoms. The SMILES string of the molecule is COC(=O)Cc1c(C)n(C)c2cc(-c3ccc(F)cc3)c(OC)cc12. The van der Waals surface area contributed by atoms with E-state index < -0.39 is 0 Å². The van der Waals surface area contributed by atoms with E-state index in [0.717, 1.165) is 33.3 Å². The molecule has 0 bridgehead atoms. The largest absolute Gasteiger partial charge is 0.496 e. The summed E-state index contributed by atoms with van der Waals surface area (Å²) in [6.45, 7) is 1.97. The number of aromatic nitrogens is 1. The minimum absolute atomic E-state index is 0.207. The summed E-state index contributed by atoms with van der Waals surface area (Å²) in [4.78, 5) is 11.8. The average molecular weight is 341 g/mol. The fourth-order valence-electron chi connectivity index (χ4n) is 3.13. The number of fused-ring (bicyclic) bond motifs is 1. The molecule has 25 heavy (non-hydrogen) atoms. The normalized spacial score (nSPS) is 10.9. The van der Waals surface area contributed by atoms with Gasteiger partial charge in [0.15, 0.2) is 0 Å². The molecule has 130 valence electrons. The molecule has 3 rings (SSSR count). The number of methoxy groups -OCH3 is 2. The number of carbonyl (C=O) groups excluding carboxylic acids is 1. The summed E-state index contributed by atoms with van der Waals surface area (Å²) in [7, 11) is 4.94. The molecule has 0 atom stereocenters. The topological polar surface area (TPSA) is 40.5 Å². The second-order valence-electron chi connectivity index (χ2n) is 5.95. The number of carbonyl (C=O) groups is 1. The maximum atomic E-state index is 13.2. The zero-order chi connectivity index (χ0) is 18.1. The molecule has 0 radical (unpaired) electrons. The van der Waals surface area contributed by atoms with Gasteiger partial charge in [-0.05, 0) is 42.3 Å². The first kappa shape index (κ1) is 17.0. The zero-order valence-electron chi connectivity index (χ0n) is 14.7. The Balaban J connectivity index is 2.23. The lowest BCUT2D eigenvalue weighted by molar-refractivity contribution is -0.139. The van der Waals surface area contributed by atoms with Gasteiger partial charge in [0.05, 0.1) is 20.6 Å². The minimum Gasteiger partial charge on any atom is -0.496 e. The van der Waals surface area contributed by atoms with Crippen molar-refractivity contribution in [2.45, 2.75) is 13.3 Å². The molecule has 0 unspecified atom stereocenters. The van der Waals surface area contributed by atoms with Crippen LogP contribution in [-0.4, -0.2) is 24.8 Å². The van der Waals surface area contributed by atoms with Crippen molar-refractivity contribution in [3.8, 4) is 16.9 Å². The third-order valence-corrected chi connectivity index (χ3v) is 4.65. The Morgan fingerprint density at radius 3 is 2.44 bits per heavy atom. The third kappa shape index (κ3) is 2.97. The Bertz CT molecular complexity index is 942. The number of nitrogens with zero attached hydrogens (tertiary/aromatic N) is 1. The monoisotopic (exact) mass is 341 g/mol. The predicted octanol–water partition coefficient (Wildman–Crippen LogP) is 4.02. The van der Waals surface area contributed by atoms with Crippen LogP contribution in [0.2, 0.25) is 0 Å². The van der Waals surface area contributed by atoms with Gasteiger partial charge in [0.2, 0.25) is 0 Å². The fraction of sp³-hybridized carbons (Fsp3) is 0.250. The first-order valence-corrected chi connectivity index (χ1v) is 7.95. The summed E-state index contributed by atoms with van der Waals surface area (Å²) in [6.07, 6.45) is 0.207. The van der Waals surface area contributed by atoms with E-state index in [0.29, 0.717) is 5.75 Å². The second kappa shape index (κ2) is 6.59. The predicted molar refractivity (Wildman–Crippen MR) is 95.3 cm³/mol. The van der Waals surface area contributed by atoms with Gasteiger partial charge in [-0.2, -0.15) is 0 Å². The Hall–Kier alpha value is -2.82. The van der Waals surface area contributed by atoms with E-state index in [2.05, 4.69) is 0 Å². The van der Waals surface area contributed by atoms with Gasteiger partial charge in [0, 0.05) is 29.2 Å². The number of aryl methyl sites for hydroxylation is 1. The van der Waals surface area contributed by atoms with Crippen LogP contribution in [0, 0.1) is 12.7 Å².